The normalized spacial score (nSPS) is 32.3. The number of nitrogens with one attached hydrogen (secondary N) is 1. The summed E-state index contributed by atoms with van der Waals surface area (Å²) in [4.78, 5) is 16.7. The molecule has 6 rings (SSSR count). The Bertz CT molecular complexity index is 800. The molecule has 0 aromatic carbocycles. The maximum Gasteiger partial charge on any atom is 0.291 e. The van der Waals surface area contributed by atoms with Crippen LogP contribution in [0.5, 0.6) is 0 Å². The van der Waals surface area contributed by atoms with E-state index >= 15 is 0 Å². The second-order valence-corrected chi connectivity index (χ2v) is 7.81. The highest BCUT2D eigenvalue weighted by atomic mass is 35.5. The summed E-state index contributed by atoms with van der Waals surface area (Å²) < 4.78 is 6.26. The number of hydrogen-bond acceptors (Lipinski definition) is 7. The number of hydrogen-bond donors (Lipinski definition) is 1. The van der Waals surface area contributed by atoms with E-state index in [1.54, 1.807) is 6.07 Å². The Kier molecular flexibility index (Phi) is 3.05. The summed E-state index contributed by atoms with van der Waals surface area (Å²) in [6, 6.07) is 4.21. The molecule has 0 radical (unpaired) electrons. The van der Waals surface area contributed by atoms with Crippen molar-refractivity contribution in [2.45, 2.75) is 18.4 Å². The molecule has 1 atom stereocenters. The Morgan fingerprint density at radius 1 is 1.30 bits per heavy atom. The lowest BCUT2D eigenvalue weighted by Gasteiger charge is -2.50. The van der Waals surface area contributed by atoms with Crippen molar-refractivity contribution in [1.29, 1.82) is 0 Å². The van der Waals surface area contributed by atoms with Gasteiger partial charge in [-0.05, 0) is 38.1 Å². The predicted octanol–water partition coefficient (Wildman–Crippen LogP) is 2.61. The first-order valence-electron chi connectivity index (χ1n) is 7.86. The monoisotopic (exact) mass is 349 g/mol. The van der Waals surface area contributed by atoms with Crippen molar-refractivity contribution >= 4 is 44.4 Å². The summed E-state index contributed by atoms with van der Waals surface area (Å²) in [6.45, 7) is 4.13. The SMILES string of the molecule is Clc1ccc2nc(NC3=NCC4(CN5CCC4CC5)O3)sc2n1. The third-order valence-electron chi connectivity index (χ3n) is 5.05. The first kappa shape index (κ1) is 13.9. The van der Waals surface area contributed by atoms with Crippen LogP contribution < -0.4 is 5.32 Å². The van der Waals surface area contributed by atoms with Crippen LogP contribution in [0, 0.1) is 5.92 Å². The largest absolute Gasteiger partial charge is 0.455 e. The molecule has 3 fully saturated rings. The van der Waals surface area contributed by atoms with Gasteiger partial charge in [-0.1, -0.05) is 22.9 Å². The van der Waals surface area contributed by atoms with Gasteiger partial charge in [0.1, 0.15) is 21.1 Å². The minimum absolute atomic E-state index is 0.128. The molecule has 0 aliphatic carbocycles. The quantitative estimate of drug-likeness (QED) is 0.802. The van der Waals surface area contributed by atoms with Gasteiger partial charge in [-0.2, -0.15) is 0 Å². The number of aromatic nitrogens is 2. The molecule has 2 aromatic rings. The number of anilines is 1. The topological polar surface area (TPSA) is 62.6 Å². The summed E-state index contributed by atoms with van der Waals surface area (Å²) in [5, 5.41) is 4.44. The number of pyridine rings is 1. The van der Waals surface area contributed by atoms with Crippen molar-refractivity contribution in [2.24, 2.45) is 10.9 Å². The minimum atomic E-state index is -0.128. The predicted molar refractivity (Wildman–Crippen MR) is 91.3 cm³/mol. The van der Waals surface area contributed by atoms with Crippen LogP contribution in [0.25, 0.3) is 10.3 Å². The molecule has 3 saturated heterocycles. The van der Waals surface area contributed by atoms with Crippen LogP contribution >= 0.6 is 22.9 Å². The van der Waals surface area contributed by atoms with Crippen LogP contribution in [-0.2, 0) is 4.74 Å². The smallest absolute Gasteiger partial charge is 0.291 e. The maximum absolute atomic E-state index is 6.26. The molecule has 1 N–H and O–H groups in total. The Morgan fingerprint density at radius 2 is 2.17 bits per heavy atom. The molecule has 2 bridgehead atoms. The van der Waals surface area contributed by atoms with E-state index in [2.05, 4.69) is 25.2 Å². The molecular weight excluding hydrogens is 334 g/mol. The van der Waals surface area contributed by atoms with E-state index in [1.165, 1.54) is 37.3 Å². The average Bonchev–Trinajstić information content (AvgIpc) is 3.12. The zero-order chi connectivity index (χ0) is 15.4. The second-order valence-electron chi connectivity index (χ2n) is 6.44. The van der Waals surface area contributed by atoms with Crippen LogP contribution in [-0.4, -0.2) is 52.7 Å². The Balaban J connectivity index is 1.35. The third kappa shape index (κ3) is 2.29. The number of piperidine rings is 3. The van der Waals surface area contributed by atoms with E-state index in [-0.39, 0.29) is 5.60 Å². The van der Waals surface area contributed by atoms with Crippen molar-refractivity contribution < 1.29 is 4.74 Å². The zero-order valence-electron chi connectivity index (χ0n) is 12.5. The van der Waals surface area contributed by atoms with E-state index in [9.17, 15) is 0 Å². The number of halogens is 1. The molecule has 23 heavy (non-hydrogen) atoms. The Labute approximate surface area is 142 Å². The van der Waals surface area contributed by atoms with E-state index in [0.717, 1.165) is 28.6 Å². The van der Waals surface area contributed by atoms with Gasteiger partial charge in [0.2, 0.25) is 0 Å². The first-order chi connectivity index (χ1) is 11.2. The summed E-state index contributed by atoms with van der Waals surface area (Å²) in [6.07, 6.45) is 2.43. The Morgan fingerprint density at radius 3 is 2.96 bits per heavy atom. The highest BCUT2D eigenvalue weighted by molar-refractivity contribution is 7.22. The number of fused-ring (bicyclic) bond motifs is 3. The van der Waals surface area contributed by atoms with Gasteiger partial charge in [-0.25, -0.2) is 15.0 Å². The van der Waals surface area contributed by atoms with Gasteiger partial charge in [0.25, 0.3) is 6.02 Å². The van der Waals surface area contributed by atoms with Crippen LogP contribution in [0.1, 0.15) is 12.8 Å². The molecule has 6 nitrogen and oxygen atoms in total. The lowest BCUT2D eigenvalue weighted by molar-refractivity contribution is -0.0829. The molecule has 0 saturated carbocycles. The van der Waals surface area contributed by atoms with Gasteiger partial charge in [-0.3, -0.25) is 10.2 Å². The van der Waals surface area contributed by atoms with Gasteiger partial charge in [-0.15, -0.1) is 0 Å². The first-order valence-corrected chi connectivity index (χ1v) is 9.06. The molecule has 1 spiro atoms. The van der Waals surface area contributed by atoms with Crippen LogP contribution in [0.4, 0.5) is 5.13 Å². The highest BCUT2D eigenvalue weighted by Gasteiger charge is 2.51. The molecule has 120 valence electrons. The fraction of sp³-hybridized carbons (Fsp3) is 0.533. The summed E-state index contributed by atoms with van der Waals surface area (Å²) in [5.74, 6) is 0.617. The van der Waals surface area contributed by atoms with Crippen LogP contribution in [0.2, 0.25) is 5.15 Å². The molecule has 1 unspecified atom stereocenters. The van der Waals surface area contributed by atoms with Crippen molar-refractivity contribution in [2.75, 3.05) is 31.5 Å². The molecule has 2 aromatic heterocycles. The van der Waals surface area contributed by atoms with E-state index in [4.69, 9.17) is 16.3 Å². The number of rotatable bonds is 1. The Hall–Kier alpha value is -1.44. The number of thiazole rings is 1. The van der Waals surface area contributed by atoms with E-state index in [0.29, 0.717) is 17.1 Å². The molecule has 4 aliphatic rings. The van der Waals surface area contributed by atoms with Crippen LogP contribution in [0.3, 0.4) is 0 Å². The summed E-state index contributed by atoms with van der Waals surface area (Å²) >= 11 is 7.39. The summed E-state index contributed by atoms with van der Waals surface area (Å²) in [5.41, 5.74) is 0.704. The lowest BCUT2D eigenvalue weighted by atomic mass is 9.75. The number of nitrogens with zero attached hydrogens (tertiary/aromatic N) is 4. The average molecular weight is 350 g/mol. The van der Waals surface area contributed by atoms with Gasteiger partial charge in [0, 0.05) is 12.5 Å². The fourth-order valence-electron chi connectivity index (χ4n) is 3.89. The molecular formula is C15H16ClN5OS. The van der Waals surface area contributed by atoms with Crippen molar-refractivity contribution in [3.05, 3.63) is 17.3 Å². The van der Waals surface area contributed by atoms with Crippen molar-refractivity contribution in [3.8, 4) is 0 Å². The summed E-state index contributed by atoms with van der Waals surface area (Å²) in [7, 11) is 0. The third-order valence-corrected chi connectivity index (χ3v) is 6.14. The molecule has 8 heteroatoms. The van der Waals surface area contributed by atoms with Crippen molar-refractivity contribution in [1.82, 2.24) is 14.9 Å². The molecule has 6 heterocycles. The van der Waals surface area contributed by atoms with E-state index < -0.39 is 0 Å². The molecule has 4 aliphatic heterocycles. The van der Waals surface area contributed by atoms with Crippen LogP contribution in [0.15, 0.2) is 17.1 Å². The zero-order valence-corrected chi connectivity index (χ0v) is 14.0. The maximum atomic E-state index is 6.26. The van der Waals surface area contributed by atoms with Gasteiger partial charge in [0.15, 0.2) is 5.13 Å². The highest BCUT2D eigenvalue weighted by Crippen LogP contribution is 2.41. The van der Waals surface area contributed by atoms with Gasteiger partial charge in [0.05, 0.1) is 6.54 Å². The van der Waals surface area contributed by atoms with E-state index in [1.807, 2.05) is 6.07 Å². The van der Waals surface area contributed by atoms with Gasteiger partial charge >= 0.3 is 0 Å². The molecule has 0 amide bonds. The standard InChI is InChI=1S/C15H16ClN5OS/c16-11-2-1-10-12(19-11)23-14(18-10)20-13-17-7-15(22-13)8-21-5-3-9(15)4-6-21/h1-2,9H,3-8H2,(H,17,18,20). The number of ether oxygens (including phenoxy) is 1. The fourth-order valence-corrected chi connectivity index (χ4v) is 4.91. The second kappa shape index (κ2) is 5.03. The van der Waals surface area contributed by atoms with Crippen molar-refractivity contribution in [3.63, 3.8) is 0 Å². The lowest BCUT2D eigenvalue weighted by Crippen LogP contribution is -2.61. The minimum Gasteiger partial charge on any atom is -0.455 e. The number of amidine groups is 1. The van der Waals surface area contributed by atoms with Gasteiger partial charge < -0.3 is 4.74 Å². The number of aliphatic imine (C=N–C) groups is 1.